The molecule has 2 atom stereocenters. The van der Waals surface area contributed by atoms with E-state index in [0.29, 0.717) is 26.3 Å². The van der Waals surface area contributed by atoms with E-state index < -0.39 is 5.97 Å². The summed E-state index contributed by atoms with van der Waals surface area (Å²) in [7, 11) is 3.80. The summed E-state index contributed by atoms with van der Waals surface area (Å²) >= 11 is 0. The molecule has 0 bridgehead atoms. The minimum Gasteiger partial charge on any atom is -0.486 e. The number of aliphatic carboxylic acids is 1. The lowest BCUT2D eigenvalue weighted by Crippen LogP contribution is -2.41. The Bertz CT molecular complexity index is 661. The van der Waals surface area contributed by atoms with Crippen molar-refractivity contribution in [3.05, 3.63) is 23.8 Å². The first-order valence-corrected chi connectivity index (χ1v) is 8.50. The highest BCUT2D eigenvalue weighted by Gasteiger charge is 2.46. The van der Waals surface area contributed by atoms with Crippen LogP contribution in [0.1, 0.15) is 17.9 Å². The van der Waals surface area contributed by atoms with Gasteiger partial charge in [0.15, 0.2) is 11.5 Å². The molecule has 1 saturated carbocycles. The zero-order valence-corrected chi connectivity index (χ0v) is 14.6. The molecule has 1 aromatic rings. The van der Waals surface area contributed by atoms with Gasteiger partial charge in [-0.15, -0.1) is 0 Å². The first-order valence-electron chi connectivity index (χ1n) is 8.50. The van der Waals surface area contributed by atoms with Crippen LogP contribution in [-0.4, -0.2) is 73.7 Å². The number of benzene rings is 1. The molecule has 0 radical (unpaired) electrons. The summed E-state index contributed by atoms with van der Waals surface area (Å²) < 4.78 is 11.1. The summed E-state index contributed by atoms with van der Waals surface area (Å²) in [6, 6.07) is 5.78. The number of rotatable bonds is 7. The van der Waals surface area contributed by atoms with Crippen molar-refractivity contribution in [2.24, 2.45) is 5.92 Å². The van der Waals surface area contributed by atoms with Gasteiger partial charge in [0.2, 0.25) is 5.91 Å². The Labute approximate surface area is 147 Å². The Morgan fingerprint density at radius 1 is 1.16 bits per heavy atom. The fourth-order valence-corrected chi connectivity index (χ4v) is 3.11. The maximum absolute atomic E-state index is 12.7. The standard InChI is InChI=1S/C18H24N2O5/c1-19(2)5-6-20(11-17(21)22)18(23)14-10-13(14)12-3-4-15-16(9-12)25-8-7-24-15/h3-4,9,13-14H,5-8,10-11H2,1-2H3,(H,21,22). The highest BCUT2D eigenvalue weighted by Crippen LogP contribution is 2.50. The Kier molecular flexibility index (Phi) is 5.13. The first-order chi connectivity index (χ1) is 12.0. The number of carbonyl (C=O) groups excluding carboxylic acids is 1. The number of carboxylic acid groups (broad SMARTS) is 1. The number of amides is 1. The van der Waals surface area contributed by atoms with Gasteiger partial charge in [-0.25, -0.2) is 0 Å². The van der Waals surface area contributed by atoms with Crippen LogP contribution < -0.4 is 9.47 Å². The fourth-order valence-electron chi connectivity index (χ4n) is 3.11. The van der Waals surface area contributed by atoms with Crippen LogP contribution in [0.4, 0.5) is 0 Å². The molecule has 1 amide bonds. The molecule has 1 heterocycles. The van der Waals surface area contributed by atoms with E-state index in [-0.39, 0.29) is 24.3 Å². The van der Waals surface area contributed by atoms with E-state index in [1.807, 2.05) is 37.2 Å². The minimum absolute atomic E-state index is 0.0795. The first kappa shape index (κ1) is 17.5. The summed E-state index contributed by atoms with van der Waals surface area (Å²) in [6.45, 7) is 1.88. The Balaban J connectivity index is 1.66. The van der Waals surface area contributed by atoms with Crippen LogP contribution in [0.5, 0.6) is 11.5 Å². The molecule has 136 valence electrons. The summed E-state index contributed by atoms with van der Waals surface area (Å²) in [5, 5.41) is 9.08. The normalized spacial score (nSPS) is 21.1. The van der Waals surface area contributed by atoms with Gasteiger partial charge in [-0.1, -0.05) is 6.07 Å². The number of hydrogen-bond donors (Lipinski definition) is 1. The highest BCUT2D eigenvalue weighted by atomic mass is 16.6. The Morgan fingerprint density at radius 3 is 2.56 bits per heavy atom. The van der Waals surface area contributed by atoms with Gasteiger partial charge in [-0.2, -0.15) is 0 Å². The second kappa shape index (κ2) is 7.31. The SMILES string of the molecule is CN(C)CCN(CC(=O)O)C(=O)C1CC1c1ccc2c(c1)OCCO2. The molecular formula is C18H24N2O5. The number of ether oxygens (including phenoxy) is 2. The quantitative estimate of drug-likeness (QED) is 0.793. The number of hydrogen-bond acceptors (Lipinski definition) is 5. The number of likely N-dealkylation sites (N-methyl/N-ethyl adjacent to an activating group) is 1. The average molecular weight is 348 g/mol. The Morgan fingerprint density at radius 2 is 1.88 bits per heavy atom. The molecule has 1 aromatic carbocycles. The molecule has 7 heteroatoms. The fraction of sp³-hybridized carbons (Fsp3) is 0.556. The number of fused-ring (bicyclic) bond motifs is 1. The summed E-state index contributed by atoms with van der Waals surface area (Å²) in [6.07, 6.45) is 0.747. The predicted octanol–water partition coefficient (Wildman–Crippen LogP) is 1.04. The molecule has 0 spiro atoms. The maximum atomic E-state index is 12.7. The van der Waals surface area contributed by atoms with Gasteiger partial charge < -0.3 is 24.4 Å². The van der Waals surface area contributed by atoms with Gasteiger partial charge in [0.05, 0.1) is 0 Å². The zero-order valence-electron chi connectivity index (χ0n) is 14.6. The molecule has 0 aromatic heterocycles. The van der Waals surface area contributed by atoms with E-state index in [9.17, 15) is 9.59 Å². The monoisotopic (exact) mass is 348 g/mol. The molecule has 25 heavy (non-hydrogen) atoms. The lowest BCUT2D eigenvalue weighted by Gasteiger charge is -2.23. The van der Waals surface area contributed by atoms with Crippen molar-refractivity contribution in [1.82, 2.24) is 9.80 Å². The van der Waals surface area contributed by atoms with Crippen molar-refractivity contribution >= 4 is 11.9 Å². The van der Waals surface area contributed by atoms with Crippen LogP contribution in [0.25, 0.3) is 0 Å². The lowest BCUT2D eigenvalue weighted by atomic mass is 10.1. The average Bonchev–Trinajstić information content (AvgIpc) is 3.38. The zero-order chi connectivity index (χ0) is 18.0. The van der Waals surface area contributed by atoms with Crippen LogP contribution >= 0.6 is 0 Å². The van der Waals surface area contributed by atoms with Crippen LogP contribution in [0.15, 0.2) is 18.2 Å². The summed E-state index contributed by atoms with van der Waals surface area (Å²) in [4.78, 5) is 27.2. The molecule has 2 aliphatic rings. The van der Waals surface area contributed by atoms with Gasteiger partial charge in [0.1, 0.15) is 19.8 Å². The van der Waals surface area contributed by atoms with Crippen LogP contribution in [-0.2, 0) is 9.59 Å². The summed E-state index contributed by atoms with van der Waals surface area (Å²) in [5.74, 6) is 0.365. The molecule has 1 N–H and O–H groups in total. The van der Waals surface area contributed by atoms with E-state index in [1.54, 1.807) is 0 Å². The topological polar surface area (TPSA) is 79.3 Å². The maximum Gasteiger partial charge on any atom is 0.323 e. The van der Waals surface area contributed by atoms with Crippen molar-refractivity contribution < 1.29 is 24.2 Å². The largest absolute Gasteiger partial charge is 0.486 e. The van der Waals surface area contributed by atoms with Crippen molar-refractivity contribution in [3.63, 3.8) is 0 Å². The van der Waals surface area contributed by atoms with Gasteiger partial charge in [0, 0.05) is 19.0 Å². The van der Waals surface area contributed by atoms with Gasteiger partial charge >= 0.3 is 5.97 Å². The predicted molar refractivity (Wildman–Crippen MR) is 91.0 cm³/mol. The molecule has 1 aliphatic carbocycles. The van der Waals surface area contributed by atoms with Crippen LogP contribution in [0.2, 0.25) is 0 Å². The van der Waals surface area contributed by atoms with Gasteiger partial charge in [-0.3, -0.25) is 9.59 Å². The van der Waals surface area contributed by atoms with E-state index in [1.165, 1.54) is 4.90 Å². The van der Waals surface area contributed by atoms with Crippen LogP contribution in [0, 0.1) is 5.92 Å². The third-order valence-corrected chi connectivity index (χ3v) is 4.56. The van der Waals surface area contributed by atoms with E-state index in [4.69, 9.17) is 14.6 Å². The minimum atomic E-state index is -0.983. The van der Waals surface area contributed by atoms with Crippen molar-refractivity contribution in [2.45, 2.75) is 12.3 Å². The third-order valence-electron chi connectivity index (χ3n) is 4.56. The molecule has 0 saturated heterocycles. The lowest BCUT2D eigenvalue weighted by molar-refractivity contribution is -0.145. The molecular weight excluding hydrogens is 324 g/mol. The van der Waals surface area contributed by atoms with E-state index in [0.717, 1.165) is 23.5 Å². The molecule has 1 fully saturated rings. The highest BCUT2D eigenvalue weighted by molar-refractivity contribution is 5.86. The van der Waals surface area contributed by atoms with E-state index >= 15 is 0 Å². The molecule has 1 aliphatic heterocycles. The van der Waals surface area contributed by atoms with Gasteiger partial charge in [0.25, 0.3) is 0 Å². The number of carboxylic acids is 1. The van der Waals surface area contributed by atoms with Crippen LogP contribution in [0.3, 0.4) is 0 Å². The number of nitrogens with zero attached hydrogens (tertiary/aromatic N) is 2. The van der Waals surface area contributed by atoms with E-state index in [2.05, 4.69) is 0 Å². The number of carbonyl (C=O) groups is 2. The second-order valence-corrected chi connectivity index (χ2v) is 6.81. The second-order valence-electron chi connectivity index (χ2n) is 6.81. The van der Waals surface area contributed by atoms with Gasteiger partial charge in [-0.05, 0) is 44.1 Å². The third kappa shape index (κ3) is 4.22. The summed E-state index contributed by atoms with van der Waals surface area (Å²) in [5.41, 5.74) is 1.05. The van der Waals surface area contributed by atoms with Crippen molar-refractivity contribution in [1.29, 1.82) is 0 Å². The Hall–Kier alpha value is -2.28. The molecule has 2 unspecified atom stereocenters. The van der Waals surface area contributed by atoms with Crippen molar-refractivity contribution in [2.75, 3.05) is 46.9 Å². The molecule has 7 nitrogen and oxygen atoms in total. The smallest absolute Gasteiger partial charge is 0.323 e. The molecule has 3 rings (SSSR count). The van der Waals surface area contributed by atoms with Crippen molar-refractivity contribution in [3.8, 4) is 11.5 Å².